The van der Waals surface area contributed by atoms with Crippen molar-refractivity contribution < 1.29 is 4.74 Å². The summed E-state index contributed by atoms with van der Waals surface area (Å²) in [6.45, 7) is 4.34. The maximum absolute atomic E-state index is 6.12. The Morgan fingerprint density at radius 2 is 2.05 bits per heavy atom. The summed E-state index contributed by atoms with van der Waals surface area (Å²) in [5.74, 6) is 2.74. The molecular formula is C17H25NO. The van der Waals surface area contributed by atoms with Crippen LogP contribution in [-0.2, 0) is 6.42 Å². The number of aryl methyl sites for hydroxylation is 1. The van der Waals surface area contributed by atoms with Gasteiger partial charge in [-0.1, -0.05) is 31.9 Å². The molecule has 0 bridgehead atoms. The molecule has 0 spiro atoms. The summed E-state index contributed by atoms with van der Waals surface area (Å²) in [5, 5.41) is 3.50. The van der Waals surface area contributed by atoms with Gasteiger partial charge in [0, 0.05) is 6.54 Å². The van der Waals surface area contributed by atoms with Gasteiger partial charge in [-0.05, 0) is 49.1 Å². The third-order valence-corrected chi connectivity index (χ3v) is 4.65. The summed E-state index contributed by atoms with van der Waals surface area (Å²) in [5.41, 5.74) is 2.67. The first-order valence-electron chi connectivity index (χ1n) is 7.81. The standard InChI is InChI=1S/C17H25NO/c1-13-7-9-14(10-8-13)12-19-16-6-2-4-15-5-3-11-18-17(15)16/h2,4,6,13-14,18H,3,5,7-12H2,1H3. The van der Waals surface area contributed by atoms with Gasteiger partial charge in [0.1, 0.15) is 5.75 Å². The number of nitrogens with one attached hydrogen (secondary N) is 1. The van der Waals surface area contributed by atoms with Gasteiger partial charge < -0.3 is 10.1 Å². The second-order valence-corrected chi connectivity index (χ2v) is 6.26. The van der Waals surface area contributed by atoms with E-state index in [9.17, 15) is 0 Å². The highest BCUT2D eigenvalue weighted by molar-refractivity contribution is 5.63. The van der Waals surface area contributed by atoms with Gasteiger partial charge in [-0.15, -0.1) is 0 Å². The Hall–Kier alpha value is -1.18. The van der Waals surface area contributed by atoms with Gasteiger partial charge in [-0.3, -0.25) is 0 Å². The van der Waals surface area contributed by atoms with Gasteiger partial charge in [0.25, 0.3) is 0 Å². The Morgan fingerprint density at radius 1 is 1.21 bits per heavy atom. The highest BCUT2D eigenvalue weighted by Gasteiger charge is 2.20. The molecule has 19 heavy (non-hydrogen) atoms. The Labute approximate surface area is 116 Å². The van der Waals surface area contributed by atoms with Crippen molar-refractivity contribution in [2.45, 2.75) is 45.4 Å². The van der Waals surface area contributed by atoms with Gasteiger partial charge in [0.2, 0.25) is 0 Å². The molecule has 1 saturated carbocycles. The fourth-order valence-electron chi connectivity index (χ4n) is 3.30. The van der Waals surface area contributed by atoms with Gasteiger partial charge in [0.15, 0.2) is 0 Å². The van der Waals surface area contributed by atoms with Crippen molar-refractivity contribution >= 4 is 5.69 Å². The van der Waals surface area contributed by atoms with Crippen molar-refractivity contribution in [3.05, 3.63) is 23.8 Å². The van der Waals surface area contributed by atoms with Crippen molar-refractivity contribution in [1.29, 1.82) is 0 Å². The monoisotopic (exact) mass is 259 g/mol. The van der Waals surface area contributed by atoms with Crippen molar-refractivity contribution in [2.24, 2.45) is 11.8 Å². The number of ether oxygens (including phenoxy) is 1. The number of hydrogen-bond acceptors (Lipinski definition) is 2. The minimum Gasteiger partial charge on any atom is -0.491 e. The third kappa shape index (κ3) is 3.05. The lowest BCUT2D eigenvalue weighted by atomic mass is 9.83. The number of rotatable bonds is 3. The molecule has 0 atom stereocenters. The molecule has 1 fully saturated rings. The van der Waals surface area contributed by atoms with Gasteiger partial charge in [-0.25, -0.2) is 0 Å². The minimum atomic E-state index is 0.760. The number of anilines is 1. The van der Waals surface area contributed by atoms with E-state index in [2.05, 4.69) is 30.4 Å². The Morgan fingerprint density at radius 3 is 2.89 bits per heavy atom. The van der Waals surface area contributed by atoms with Crippen LogP contribution in [0.4, 0.5) is 5.69 Å². The molecule has 1 heterocycles. The van der Waals surface area contributed by atoms with Crippen LogP contribution in [0.2, 0.25) is 0 Å². The molecule has 0 radical (unpaired) electrons. The SMILES string of the molecule is CC1CCC(COc2cccc3c2NCCC3)CC1. The smallest absolute Gasteiger partial charge is 0.142 e. The highest BCUT2D eigenvalue weighted by atomic mass is 16.5. The normalized spacial score (nSPS) is 26.4. The predicted octanol–water partition coefficient (Wildman–Crippen LogP) is 4.25. The van der Waals surface area contributed by atoms with Crippen LogP contribution in [0.5, 0.6) is 5.75 Å². The van der Waals surface area contributed by atoms with Crippen molar-refractivity contribution in [3.63, 3.8) is 0 Å². The van der Waals surface area contributed by atoms with Crippen LogP contribution < -0.4 is 10.1 Å². The average molecular weight is 259 g/mol. The molecule has 1 aromatic rings. The maximum Gasteiger partial charge on any atom is 0.142 e. The Kier molecular flexibility index (Phi) is 3.95. The molecule has 2 nitrogen and oxygen atoms in total. The van der Waals surface area contributed by atoms with Crippen molar-refractivity contribution in [2.75, 3.05) is 18.5 Å². The molecule has 0 unspecified atom stereocenters. The second-order valence-electron chi connectivity index (χ2n) is 6.26. The molecule has 104 valence electrons. The molecule has 3 rings (SSSR count). The first-order valence-corrected chi connectivity index (χ1v) is 7.81. The molecule has 2 heteroatoms. The first-order chi connectivity index (χ1) is 9.33. The number of para-hydroxylation sites is 1. The lowest BCUT2D eigenvalue weighted by Crippen LogP contribution is -2.20. The minimum absolute atomic E-state index is 0.760. The summed E-state index contributed by atoms with van der Waals surface area (Å²) in [7, 11) is 0. The average Bonchev–Trinajstić information content (AvgIpc) is 2.47. The quantitative estimate of drug-likeness (QED) is 0.876. The van der Waals surface area contributed by atoms with Gasteiger partial charge >= 0.3 is 0 Å². The molecule has 2 aliphatic rings. The molecular weight excluding hydrogens is 234 g/mol. The molecule has 0 amide bonds. The van der Waals surface area contributed by atoms with E-state index in [0.717, 1.165) is 30.7 Å². The van der Waals surface area contributed by atoms with Crippen LogP contribution in [0.15, 0.2) is 18.2 Å². The molecule has 1 aliphatic heterocycles. The number of benzene rings is 1. The van der Waals surface area contributed by atoms with E-state index in [1.54, 1.807) is 0 Å². The van der Waals surface area contributed by atoms with Crippen LogP contribution in [-0.4, -0.2) is 13.2 Å². The fraction of sp³-hybridized carbons (Fsp3) is 0.647. The highest BCUT2D eigenvalue weighted by Crippen LogP contribution is 2.34. The van der Waals surface area contributed by atoms with E-state index in [-0.39, 0.29) is 0 Å². The summed E-state index contributed by atoms with van der Waals surface area (Å²) >= 11 is 0. The van der Waals surface area contributed by atoms with Crippen LogP contribution in [0.1, 0.15) is 44.6 Å². The van der Waals surface area contributed by atoms with Crippen LogP contribution >= 0.6 is 0 Å². The zero-order valence-corrected chi connectivity index (χ0v) is 12.0. The van der Waals surface area contributed by atoms with E-state index in [1.807, 2.05) is 0 Å². The zero-order valence-electron chi connectivity index (χ0n) is 12.0. The fourth-order valence-corrected chi connectivity index (χ4v) is 3.30. The molecule has 1 aromatic carbocycles. The Bertz CT molecular complexity index is 421. The van der Waals surface area contributed by atoms with Crippen LogP contribution in [0, 0.1) is 11.8 Å². The summed E-state index contributed by atoms with van der Waals surface area (Å²) in [6.07, 6.45) is 7.84. The molecule has 1 aliphatic carbocycles. The van der Waals surface area contributed by atoms with Crippen LogP contribution in [0.3, 0.4) is 0 Å². The predicted molar refractivity (Wildman–Crippen MR) is 79.9 cm³/mol. The summed E-state index contributed by atoms with van der Waals surface area (Å²) < 4.78 is 6.12. The number of fused-ring (bicyclic) bond motifs is 1. The molecule has 0 aromatic heterocycles. The molecule has 0 saturated heterocycles. The molecule has 1 N–H and O–H groups in total. The van der Waals surface area contributed by atoms with E-state index in [1.165, 1.54) is 49.8 Å². The van der Waals surface area contributed by atoms with Gasteiger partial charge in [-0.2, -0.15) is 0 Å². The van der Waals surface area contributed by atoms with Gasteiger partial charge in [0.05, 0.1) is 12.3 Å². The van der Waals surface area contributed by atoms with E-state index >= 15 is 0 Å². The maximum atomic E-state index is 6.12. The zero-order chi connectivity index (χ0) is 13.1. The number of hydrogen-bond donors (Lipinski definition) is 1. The summed E-state index contributed by atoms with van der Waals surface area (Å²) in [6, 6.07) is 6.46. The second kappa shape index (κ2) is 5.85. The third-order valence-electron chi connectivity index (χ3n) is 4.65. The largest absolute Gasteiger partial charge is 0.491 e. The summed E-state index contributed by atoms with van der Waals surface area (Å²) in [4.78, 5) is 0. The lowest BCUT2D eigenvalue weighted by Gasteiger charge is -2.27. The van der Waals surface area contributed by atoms with Crippen LogP contribution in [0.25, 0.3) is 0 Å². The lowest BCUT2D eigenvalue weighted by molar-refractivity contribution is 0.188. The van der Waals surface area contributed by atoms with Crippen molar-refractivity contribution in [1.82, 2.24) is 0 Å². The van der Waals surface area contributed by atoms with E-state index < -0.39 is 0 Å². The first kappa shape index (κ1) is 12.8. The van der Waals surface area contributed by atoms with E-state index in [0.29, 0.717) is 0 Å². The van der Waals surface area contributed by atoms with Crippen molar-refractivity contribution in [3.8, 4) is 5.75 Å². The topological polar surface area (TPSA) is 21.3 Å². The van der Waals surface area contributed by atoms with E-state index in [4.69, 9.17) is 4.74 Å². The Balaban J connectivity index is 1.61.